The molecular formula is C21H22N8O3. The number of nitrogens with zero attached hydrogens (tertiary/aromatic N) is 7. The number of anilines is 1. The van der Waals surface area contributed by atoms with E-state index in [0.717, 1.165) is 5.56 Å². The van der Waals surface area contributed by atoms with E-state index in [1.807, 2.05) is 25.1 Å². The molecule has 0 aliphatic heterocycles. The zero-order valence-corrected chi connectivity index (χ0v) is 17.9. The van der Waals surface area contributed by atoms with Gasteiger partial charge >= 0.3 is 5.69 Å². The zero-order chi connectivity index (χ0) is 22.8. The number of hydrogen-bond acceptors (Lipinski definition) is 6. The molecule has 3 aromatic heterocycles. The number of aryl methyl sites for hydroxylation is 2. The summed E-state index contributed by atoms with van der Waals surface area (Å²) in [5.41, 5.74) is 3.81. The second-order valence-electron chi connectivity index (χ2n) is 7.53. The molecule has 1 amide bonds. The third-order valence-corrected chi connectivity index (χ3v) is 5.00. The third-order valence-electron chi connectivity index (χ3n) is 5.00. The average Bonchev–Trinajstić information content (AvgIpc) is 3.42. The lowest BCUT2D eigenvalue weighted by Crippen LogP contribution is -2.15. The molecular weight excluding hydrogens is 412 g/mol. The summed E-state index contributed by atoms with van der Waals surface area (Å²) < 4.78 is 4.73. The number of benzene rings is 1. The van der Waals surface area contributed by atoms with Crippen molar-refractivity contribution in [1.82, 2.24) is 29.3 Å². The van der Waals surface area contributed by atoms with Gasteiger partial charge in [0.2, 0.25) is 0 Å². The van der Waals surface area contributed by atoms with Gasteiger partial charge in [-0.25, -0.2) is 4.68 Å². The first-order valence-electron chi connectivity index (χ1n) is 9.91. The van der Waals surface area contributed by atoms with Gasteiger partial charge in [-0.2, -0.15) is 15.3 Å². The Morgan fingerprint density at radius 1 is 1.16 bits per heavy atom. The van der Waals surface area contributed by atoms with Crippen molar-refractivity contribution in [3.63, 3.8) is 0 Å². The first-order chi connectivity index (χ1) is 15.3. The molecule has 0 fully saturated rings. The lowest BCUT2D eigenvalue weighted by Gasteiger charge is -2.04. The SMILES string of the molecule is Cc1cccc(Cn2cc(NC(=O)c3ccn(Cn4nc(C)c([N+](=O)[O-])c4C)n3)cn2)c1. The van der Waals surface area contributed by atoms with E-state index < -0.39 is 4.92 Å². The Hall–Kier alpha value is -4.28. The number of aromatic nitrogens is 6. The first kappa shape index (κ1) is 21.0. The number of carbonyl (C=O) groups excluding carboxylic acids is 1. The van der Waals surface area contributed by atoms with Gasteiger partial charge in [0.05, 0.1) is 23.4 Å². The molecule has 32 heavy (non-hydrogen) atoms. The van der Waals surface area contributed by atoms with Crippen LogP contribution in [0.15, 0.2) is 48.9 Å². The fourth-order valence-electron chi connectivity index (χ4n) is 3.50. The number of nitrogens with one attached hydrogen (secondary N) is 1. The van der Waals surface area contributed by atoms with Crippen molar-refractivity contribution in [2.75, 3.05) is 5.32 Å². The van der Waals surface area contributed by atoms with Gasteiger partial charge in [-0.15, -0.1) is 0 Å². The Kier molecular flexibility index (Phi) is 5.54. The van der Waals surface area contributed by atoms with Crippen molar-refractivity contribution in [1.29, 1.82) is 0 Å². The summed E-state index contributed by atoms with van der Waals surface area (Å²) in [5, 5.41) is 26.7. The lowest BCUT2D eigenvalue weighted by atomic mass is 10.1. The maximum Gasteiger partial charge on any atom is 0.312 e. The molecule has 11 heteroatoms. The number of carbonyl (C=O) groups is 1. The number of amides is 1. The van der Waals surface area contributed by atoms with Crippen LogP contribution in [0, 0.1) is 30.9 Å². The van der Waals surface area contributed by atoms with Crippen LogP contribution in [0.4, 0.5) is 11.4 Å². The topological polar surface area (TPSA) is 126 Å². The van der Waals surface area contributed by atoms with E-state index in [0.29, 0.717) is 23.6 Å². The van der Waals surface area contributed by atoms with Crippen molar-refractivity contribution < 1.29 is 9.72 Å². The molecule has 3 heterocycles. The highest BCUT2D eigenvalue weighted by Crippen LogP contribution is 2.21. The molecule has 0 bridgehead atoms. The second kappa shape index (κ2) is 8.46. The normalized spacial score (nSPS) is 11.0. The Balaban J connectivity index is 1.41. The van der Waals surface area contributed by atoms with Crippen molar-refractivity contribution in [2.24, 2.45) is 0 Å². The molecule has 0 aliphatic rings. The standard InChI is InChI=1S/C21H22N8O3/c1-14-5-4-6-17(9-14)11-27-12-18(10-22-27)23-21(30)19-7-8-26(25-19)13-28-16(3)20(29(31)32)15(2)24-28/h4-10,12H,11,13H2,1-3H3,(H,23,30). The maximum atomic E-state index is 12.6. The average molecular weight is 434 g/mol. The second-order valence-corrected chi connectivity index (χ2v) is 7.53. The van der Waals surface area contributed by atoms with E-state index in [4.69, 9.17) is 0 Å². The predicted molar refractivity (Wildman–Crippen MR) is 116 cm³/mol. The van der Waals surface area contributed by atoms with Gasteiger partial charge < -0.3 is 5.32 Å². The van der Waals surface area contributed by atoms with Crippen LogP contribution in [0.3, 0.4) is 0 Å². The van der Waals surface area contributed by atoms with E-state index >= 15 is 0 Å². The van der Waals surface area contributed by atoms with Crippen molar-refractivity contribution in [2.45, 2.75) is 34.0 Å². The predicted octanol–water partition coefficient (Wildman–Crippen LogP) is 2.92. The third kappa shape index (κ3) is 4.41. The van der Waals surface area contributed by atoms with Gasteiger partial charge in [0.1, 0.15) is 18.1 Å². The molecule has 1 N–H and O–H groups in total. The van der Waals surface area contributed by atoms with Crippen molar-refractivity contribution in [3.8, 4) is 0 Å². The van der Waals surface area contributed by atoms with Crippen LogP contribution >= 0.6 is 0 Å². The summed E-state index contributed by atoms with van der Waals surface area (Å²) in [6, 6.07) is 9.72. The molecule has 0 radical (unpaired) electrons. The Bertz CT molecular complexity index is 1300. The van der Waals surface area contributed by atoms with E-state index in [-0.39, 0.29) is 24.0 Å². The molecule has 164 valence electrons. The Morgan fingerprint density at radius 3 is 2.69 bits per heavy atom. The molecule has 0 aliphatic carbocycles. The fraction of sp³-hybridized carbons (Fsp3) is 0.238. The van der Waals surface area contributed by atoms with Gasteiger partial charge in [-0.3, -0.25) is 24.3 Å². The minimum Gasteiger partial charge on any atom is -0.318 e. The van der Waals surface area contributed by atoms with Gasteiger partial charge in [0.15, 0.2) is 5.69 Å². The molecule has 0 unspecified atom stereocenters. The quantitative estimate of drug-likeness (QED) is 0.352. The first-order valence-corrected chi connectivity index (χ1v) is 9.91. The van der Waals surface area contributed by atoms with Gasteiger partial charge in [0, 0.05) is 12.4 Å². The monoisotopic (exact) mass is 434 g/mol. The summed E-state index contributed by atoms with van der Waals surface area (Å²) >= 11 is 0. The number of nitro groups is 1. The highest BCUT2D eigenvalue weighted by atomic mass is 16.6. The van der Waals surface area contributed by atoms with Gasteiger partial charge in [-0.1, -0.05) is 29.8 Å². The smallest absolute Gasteiger partial charge is 0.312 e. The summed E-state index contributed by atoms with van der Waals surface area (Å²) in [6.45, 7) is 6.00. The van der Waals surface area contributed by atoms with Crippen LogP contribution in [0.2, 0.25) is 0 Å². The fourth-order valence-corrected chi connectivity index (χ4v) is 3.50. The lowest BCUT2D eigenvalue weighted by molar-refractivity contribution is -0.386. The van der Waals surface area contributed by atoms with Crippen LogP contribution in [-0.4, -0.2) is 40.2 Å². The van der Waals surface area contributed by atoms with Crippen molar-refractivity contribution in [3.05, 3.63) is 87.2 Å². The van der Waals surface area contributed by atoms with E-state index in [9.17, 15) is 14.9 Å². The molecule has 0 saturated heterocycles. The van der Waals surface area contributed by atoms with Crippen LogP contribution in [0.1, 0.15) is 33.0 Å². The maximum absolute atomic E-state index is 12.6. The van der Waals surface area contributed by atoms with Crippen LogP contribution in [-0.2, 0) is 13.2 Å². The molecule has 0 saturated carbocycles. The van der Waals surface area contributed by atoms with Crippen molar-refractivity contribution >= 4 is 17.3 Å². The molecule has 0 atom stereocenters. The number of rotatable bonds is 7. The van der Waals surface area contributed by atoms with E-state index in [1.54, 1.807) is 43.2 Å². The number of hydrogen-bond donors (Lipinski definition) is 1. The minimum absolute atomic E-state index is 0.0159. The van der Waals surface area contributed by atoms with Crippen LogP contribution in [0.5, 0.6) is 0 Å². The van der Waals surface area contributed by atoms with E-state index in [2.05, 4.69) is 26.7 Å². The van der Waals surface area contributed by atoms with Crippen LogP contribution in [0.25, 0.3) is 0 Å². The highest BCUT2D eigenvalue weighted by Gasteiger charge is 2.22. The summed E-state index contributed by atoms with van der Waals surface area (Å²) in [6.07, 6.45) is 4.96. The molecule has 4 aromatic rings. The summed E-state index contributed by atoms with van der Waals surface area (Å²) in [5.74, 6) is -0.377. The highest BCUT2D eigenvalue weighted by molar-refractivity contribution is 6.02. The molecule has 4 rings (SSSR count). The van der Waals surface area contributed by atoms with E-state index in [1.165, 1.54) is 14.9 Å². The Morgan fingerprint density at radius 2 is 1.97 bits per heavy atom. The zero-order valence-electron chi connectivity index (χ0n) is 17.9. The van der Waals surface area contributed by atoms with Gasteiger partial charge in [-0.05, 0) is 32.4 Å². The van der Waals surface area contributed by atoms with Gasteiger partial charge in [0.25, 0.3) is 5.91 Å². The molecule has 1 aromatic carbocycles. The molecule has 0 spiro atoms. The summed E-state index contributed by atoms with van der Waals surface area (Å²) in [7, 11) is 0. The van der Waals surface area contributed by atoms with Crippen LogP contribution < -0.4 is 5.32 Å². The largest absolute Gasteiger partial charge is 0.318 e. The minimum atomic E-state index is -0.449. The Labute approximate surface area is 183 Å². The summed E-state index contributed by atoms with van der Waals surface area (Å²) in [4.78, 5) is 23.3. The molecule has 11 nitrogen and oxygen atoms in total.